The first-order valence-electron chi connectivity index (χ1n) is 17.8. The number of hydrogen-bond acceptors (Lipinski definition) is 4. The molecule has 1 aliphatic rings. The molecule has 0 aliphatic heterocycles. The topological polar surface area (TPSA) is 51.8 Å². The van der Waals surface area contributed by atoms with E-state index in [0.717, 1.165) is 56.9 Å². The standard InChI is InChI=1S/C25H25N2O.C19H26GeN.Ir/c1-16-8-10-20-21-14-17(9-11-23(21)28-24(20)27-16)22-15-19(12-13-26-22)25(2,3)18-6-4-5-7-18;1-19(2,3)13-16-12-18(15-10-8-7-9-11-15)21-14-17(16)20(4,5)6;/h8,10-15,18H,4-7H2,1-3H3;7-10,12,14H,13H2,1-6H3;/q2*-1;. The van der Waals surface area contributed by atoms with Gasteiger partial charge in [0.05, 0.1) is 5.58 Å². The van der Waals surface area contributed by atoms with Gasteiger partial charge in [0.1, 0.15) is 0 Å². The number of pyridine rings is 3. The zero-order valence-electron chi connectivity index (χ0n) is 31.2. The summed E-state index contributed by atoms with van der Waals surface area (Å²) in [5.41, 5.74) is 9.88. The molecule has 4 heterocycles. The Kier molecular flexibility index (Phi) is 11.6. The summed E-state index contributed by atoms with van der Waals surface area (Å²) in [6.07, 6.45) is 10.6. The molecule has 0 spiro atoms. The molecule has 0 N–H and O–H groups in total. The van der Waals surface area contributed by atoms with Gasteiger partial charge in [-0.05, 0) is 60.6 Å². The Morgan fingerprint density at radius 2 is 1.58 bits per heavy atom. The molecule has 0 unspecified atom stereocenters. The Morgan fingerprint density at radius 1 is 0.840 bits per heavy atom. The van der Waals surface area contributed by atoms with Crippen LogP contribution in [0, 0.1) is 30.4 Å². The molecule has 1 radical (unpaired) electrons. The van der Waals surface area contributed by atoms with Crippen LogP contribution in [-0.4, -0.2) is 28.2 Å². The van der Waals surface area contributed by atoms with E-state index in [-0.39, 0.29) is 25.5 Å². The van der Waals surface area contributed by atoms with Crippen LogP contribution in [0.3, 0.4) is 0 Å². The Hall–Kier alpha value is -3.12. The summed E-state index contributed by atoms with van der Waals surface area (Å²) in [5.74, 6) is 8.08. The zero-order valence-corrected chi connectivity index (χ0v) is 35.7. The molecular weight excluding hydrogens is 851 g/mol. The summed E-state index contributed by atoms with van der Waals surface area (Å²) in [7, 11) is 0. The summed E-state index contributed by atoms with van der Waals surface area (Å²) < 4.78 is 7.44. The second-order valence-electron chi connectivity index (χ2n) is 16.7. The van der Waals surface area contributed by atoms with Crippen molar-refractivity contribution in [2.75, 3.05) is 0 Å². The fourth-order valence-corrected chi connectivity index (χ4v) is 10.6. The Balaban J connectivity index is 0.000000199. The van der Waals surface area contributed by atoms with Crippen LogP contribution in [0.2, 0.25) is 17.3 Å². The summed E-state index contributed by atoms with van der Waals surface area (Å²) in [4.78, 5) is 13.9. The average molecular weight is 903 g/mol. The van der Waals surface area contributed by atoms with Gasteiger partial charge in [0.25, 0.3) is 0 Å². The van der Waals surface area contributed by atoms with E-state index >= 15 is 0 Å². The number of benzene rings is 2. The van der Waals surface area contributed by atoms with Crippen LogP contribution < -0.4 is 4.40 Å². The van der Waals surface area contributed by atoms with Crippen molar-refractivity contribution in [1.29, 1.82) is 0 Å². The van der Waals surface area contributed by atoms with Crippen LogP contribution in [0.15, 0.2) is 83.5 Å². The first kappa shape index (κ1) is 38.1. The minimum absolute atomic E-state index is 0. The summed E-state index contributed by atoms with van der Waals surface area (Å²) in [6, 6.07) is 29.6. The van der Waals surface area contributed by atoms with E-state index in [2.05, 4.69) is 117 Å². The number of aromatic nitrogens is 3. The van der Waals surface area contributed by atoms with Crippen LogP contribution in [0.1, 0.15) is 77.1 Å². The zero-order chi connectivity index (χ0) is 35.0. The van der Waals surface area contributed by atoms with Crippen LogP contribution in [-0.2, 0) is 31.9 Å². The number of aryl methyl sites for hydroxylation is 1. The molecule has 0 atom stereocenters. The molecule has 7 rings (SSSR count). The molecule has 2 aromatic carbocycles. The molecule has 0 saturated heterocycles. The minimum atomic E-state index is -1.90. The third-order valence-corrected chi connectivity index (χ3v) is 14.4. The van der Waals surface area contributed by atoms with E-state index in [1.807, 2.05) is 43.5 Å². The largest absolute Gasteiger partial charge is 0.486 e. The van der Waals surface area contributed by atoms with Gasteiger partial charge in [0, 0.05) is 37.4 Å². The van der Waals surface area contributed by atoms with E-state index in [0.29, 0.717) is 11.1 Å². The van der Waals surface area contributed by atoms with Gasteiger partial charge in [-0.15, -0.1) is 23.8 Å². The van der Waals surface area contributed by atoms with E-state index in [9.17, 15) is 0 Å². The quantitative estimate of drug-likeness (QED) is 0.123. The van der Waals surface area contributed by atoms with Crippen molar-refractivity contribution in [2.24, 2.45) is 11.3 Å². The Morgan fingerprint density at radius 3 is 2.26 bits per heavy atom. The molecule has 0 amide bonds. The molecule has 6 aromatic rings. The molecule has 1 aliphatic carbocycles. The van der Waals surface area contributed by atoms with Gasteiger partial charge in [-0.1, -0.05) is 38.1 Å². The summed E-state index contributed by atoms with van der Waals surface area (Å²) in [5, 5.41) is 2.11. The number of fused-ring (bicyclic) bond motifs is 3. The Bertz CT molecular complexity index is 2070. The number of nitrogens with zero attached hydrogens (tertiary/aromatic N) is 3. The minimum Gasteiger partial charge on any atom is -0.486 e. The van der Waals surface area contributed by atoms with E-state index < -0.39 is 13.3 Å². The monoisotopic (exact) mass is 904 g/mol. The normalized spacial score (nSPS) is 14.0. The van der Waals surface area contributed by atoms with Crippen molar-refractivity contribution < 1.29 is 24.5 Å². The third-order valence-electron chi connectivity index (χ3n) is 10.1. The van der Waals surface area contributed by atoms with Gasteiger partial charge in [0.15, 0.2) is 0 Å². The van der Waals surface area contributed by atoms with Gasteiger partial charge in [0.2, 0.25) is 5.71 Å². The third kappa shape index (κ3) is 8.66. The molecule has 4 nitrogen and oxygen atoms in total. The van der Waals surface area contributed by atoms with E-state index in [1.165, 1.54) is 41.2 Å². The second-order valence-corrected chi connectivity index (χ2v) is 27.2. The Labute approximate surface area is 315 Å². The smallest absolute Gasteiger partial charge is 0.216 e. The van der Waals surface area contributed by atoms with Crippen molar-refractivity contribution in [3.63, 3.8) is 0 Å². The van der Waals surface area contributed by atoms with Gasteiger partial charge in [-0.25, -0.2) is 4.98 Å². The molecule has 0 bridgehead atoms. The second kappa shape index (κ2) is 15.2. The summed E-state index contributed by atoms with van der Waals surface area (Å²) in [6.45, 7) is 13.7. The van der Waals surface area contributed by atoms with Gasteiger partial charge < -0.3 is 9.40 Å². The predicted octanol–water partition coefficient (Wildman–Crippen LogP) is 11.3. The fourth-order valence-electron chi connectivity index (χ4n) is 7.29. The maximum absolute atomic E-state index is 5.91. The predicted molar refractivity (Wildman–Crippen MR) is 208 cm³/mol. The van der Waals surface area contributed by atoms with Crippen LogP contribution >= 0.6 is 0 Å². The first-order chi connectivity index (χ1) is 23.2. The molecule has 263 valence electrons. The summed E-state index contributed by atoms with van der Waals surface area (Å²) >= 11 is -1.90. The van der Waals surface area contributed by atoms with Crippen molar-refractivity contribution in [3.05, 3.63) is 108 Å². The van der Waals surface area contributed by atoms with Crippen molar-refractivity contribution in [3.8, 4) is 22.5 Å². The van der Waals surface area contributed by atoms with Gasteiger partial charge >= 0.3 is 132 Å². The van der Waals surface area contributed by atoms with Crippen LogP contribution in [0.25, 0.3) is 44.6 Å². The maximum atomic E-state index is 5.91. The molecular formula is C44H51GeIrN3O-2. The van der Waals surface area contributed by atoms with E-state index in [4.69, 9.17) is 9.40 Å². The first-order valence-corrected chi connectivity index (χ1v) is 25.2. The number of furan rings is 1. The molecule has 4 aromatic heterocycles. The van der Waals surface area contributed by atoms with Gasteiger partial charge in [-0.2, -0.15) is 0 Å². The molecule has 50 heavy (non-hydrogen) atoms. The SMILES string of the molecule is CC(C)(C)Cc1cc(-c2[c-]cccc2)nc[c]1[Ge]([CH3])([CH3])[CH3].Cc1ccc2c(n1)oc1c[c-]c(-c3cc(C(C)(C)C4CCCC4)ccn3)cc12.[Ir]. The number of hydrogen-bond donors (Lipinski definition) is 0. The molecule has 1 fully saturated rings. The van der Waals surface area contributed by atoms with E-state index in [1.54, 1.807) is 0 Å². The maximum Gasteiger partial charge on any atom is 0.216 e. The van der Waals surface area contributed by atoms with Gasteiger partial charge in [-0.3, -0.25) is 0 Å². The molecule has 6 heteroatoms. The fraction of sp³-hybridized carbons (Fsp3) is 0.386. The number of rotatable bonds is 6. The van der Waals surface area contributed by atoms with Crippen LogP contribution in [0.5, 0.6) is 0 Å². The van der Waals surface area contributed by atoms with Crippen molar-refractivity contribution >= 4 is 39.7 Å². The molecule has 1 saturated carbocycles. The average Bonchev–Trinajstić information content (AvgIpc) is 3.73. The van der Waals surface area contributed by atoms with Crippen LogP contribution in [0.4, 0.5) is 0 Å². The van der Waals surface area contributed by atoms with Crippen molar-refractivity contribution in [1.82, 2.24) is 15.0 Å². The van der Waals surface area contributed by atoms with Crippen molar-refractivity contribution in [2.45, 2.75) is 96.3 Å².